The topological polar surface area (TPSA) is 75.2 Å². The molecule has 0 aromatic carbocycles. The second-order valence-corrected chi connectivity index (χ2v) is 7.16. The summed E-state index contributed by atoms with van der Waals surface area (Å²) in [7, 11) is 0. The number of carbonyl (C=O) groups is 2. The van der Waals surface area contributed by atoms with Crippen LogP contribution in [0.15, 0.2) is 42.9 Å². The minimum absolute atomic E-state index is 0.0592. The van der Waals surface area contributed by atoms with Crippen LogP contribution >= 0.6 is 0 Å². The highest BCUT2D eigenvalue weighted by molar-refractivity contribution is 5.95. The molecule has 4 rings (SSSR count). The van der Waals surface area contributed by atoms with Crippen LogP contribution in [0.3, 0.4) is 0 Å². The molecule has 0 spiro atoms. The molecule has 2 fully saturated rings. The normalized spacial score (nSPS) is 24.3. The standard InChI is InChI=1S/C20H22N4O2/c1-13-2-3-15(12-22-13)20(26)24-17-4-5-18(24)11-16(10-17)23-19(25)14-6-8-21-9-7-14/h2-3,6-9,12,16-18H,4-5,10-11H2,1H3,(H,23,25)/t16?,17-,18+. The first-order chi connectivity index (χ1) is 12.6. The van der Waals surface area contributed by atoms with Gasteiger partial charge in [-0.15, -0.1) is 0 Å². The second-order valence-electron chi connectivity index (χ2n) is 7.16. The van der Waals surface area contributed by atoms with E-state index in [0.717, 1.165) is 31.4 Å². The molecule has 2 aliphatic rings. The van der Waals surface area contributed by atoms with Crippen LogP contribution in [0.2, 0.25) is 0 Å². The van der Waals surface area contributed by atoms with Gasteiger partial charge in [0.2, 0.25) is 0 Å². The highest BCUT2D eigenvalue weighted by Crippen LogP contribution is 2.36. The van der Waals surface area contributed by atoms with Crippen molar-refractivity contribution in [3.63, 3.8) is 0 Å². The van der Waals surface area contributed by atoms with Crippen molar-refractivity contribution in [2.24, 2.45) is 0 Å². The van der Waals surface area contributed by atoms with Gasteiger partial charge in [-0.25, -0.2) is 0 Å². The number of rotatable bonds is 3. The third kappa shape index (κ3) is 3.19. The van der Waals surface area contributed by atoms with Crippen LogP contribution in [0, 0.1) is 6.92 Å². The summed E-state index contributed by atoms with van der Waals surface area (Å²) < 4.78 is 0. The summed E-state index contributed by atoms with van der Waals surface area (Å²) >= 11 is 0. The number of pyridine rings is 2. The van der Waals surface area contributed by atoms with Gasteiger partial charge in [0.1, 0.15) is 0 Å². The molecule has 2 aromatic rings. The molecule has 6 nitrogen and oxygen atoms in total. The van der Waals surface area contributed by atoms with Gasteiger partial charge in [0.15, 0.2) is 0 Å². The van der Waals surface area contributed by atoms with Crippen molar-refractivity contribution in [3.8, 4) is 0 Å². The number of carbonyl (C=O) groups excluding carboxylic acids is 2. The van der Waals surface area contributed by atoms with Crippen LogP contribution in [-0.2, 0) is 0 Å². The van der Waals surface area contributed by atoms with Crippen molar-refractivity contribution in [1.82, 2.24) is 20.2 Å². The highest BCUT2D eigenvalue weighted by Gasteiger charge is 2.43. The van der Waals surface area contributed by atoms with Crippen LogP contribution in [0.5, 0.6) is 0 Å². The lowest BCUT2D eigenvalue weighted by atomic mass is 9.96. The van der Waals surface area contributed by atoms with E-state index in [9.17, 15) is 9.59 Å². The largest absolute Gasteiger partial charge is 0.349 e. The predicted molar refractivity (Wildman–Crippen MR) is 96.7 cm³/mol. The van der Waals surface area contributed by atoms with E-state index in [2.05, 4.69) is 15.3 Å². The summed E-state index contributed by atoms with van der Waals surface area (Å²) in [5, 5.41) is 3.13. The minimum Gasteiger partial charge on any atom is -0.349 e. The number of amides is 2. The molecule has 0 aliphatic carbocycles. The highest BCUT2D eigenvalue weighted by atomic mass is 16.2. The zero-order valence-electron chi connectivity index (χ0n) is 14.8. The lowest BCUT2D eigenvalue weighted by Gasteiger charge is -2.39. The molecule has 2 aliphatic heterocycles. The van der Waals surface area contributed by atoms with Gasteiger partial charge in [-0.2, -0.15) is 0 Å². The average Bonchev–Trinajstić information content (AvgIpc) is 2.93. The smallest absolute Gasteiger partial charge is 0.255 e. The maximum atomic E-state index is 12.9. The third-order valence-corrected chi connectivity index (χ3v) is 5.40. The summed E-state index contributed by atoms with van der Waals surface area (Å²) in [5.74, 6) is -0.0109. The molecule has 3 atom stereocenters. The molecule has 1 unspecified atom stereocenters. The molecule has 134 valence electrons. The Morgan fingerprint density at radius 1 is 1.04 bits per heavy atom. The molecule has 2 saturated heterocycles. The summed E-state index contributed by atoms with van der Waals surface area (Å²) in [6, 6.07) is 7.63. The Kier molecular flexibility index (Phi) is 4.41. The van der Waals surface area contributed by atoms with Crippen molar-refractivity contribution in [3.05, 3.63) is 59.7 Å². The Labute approximate surface area is 152 Å². The zero-order chi connectivity index (χ0) is 18.1. The number of nitrogens with zero attached hydrogens (tertiary/aromatic N) is 3. The van der Waals surface area contributed by atoms with Gasteiger partial charge in [-0.05, 0) is 56.9 Å². The molecule has 2 bridgehead atoms. The van der Waals surface area contributed by atoms with E-state index in [1.165, 1.54) is 0 Å². The lowest BCUT2D eigenvalue weighted by Crippen LogP contribution is -2.52. The molecule has 26 heavy (non-hydrogen) atoms. The fraction of sp³-hybridized carbons (Fsp3) is 0.400. The zero-order valence-corrected chi connectivity index (χ0v) is 14.8. The SMILES string of the molecule is Cc1ccc(C(=O)N2[C@@H]3CC[C@H]2CC(NC(=O)c2ccncc2)C3)cn1. The summed E-state index contributed by atoms with van der Waals surface area (Å²) in [5.41, 5.74) is 2.17. The van der Waals surface area contributed by atoms with Crippen LogP contribution in [-0.4, -0.2) is 44.8 Å². The fourth-order valence-corrected chi connectivity index (χ4v) is 4.14. The van der Waals surface area contributed by atoms with E-state index in [-0.39, 0.29) is 29.9 Å². The second kappa shape index (κ2) is 6.86. The molecule has 2 aromatic heterocycles. The molecule has 2 amide bonds. The molecular weight excluding hydrogens is 328 g/mol. The molecule has 6 heteroatoms. The van der Waals surface area contributed by atoms with Crippen molar-refractivity contribution in [2.75, 3.05) is 0 Å². The lowest BCUT2D eigenvalue weighted by molar-refractivity contribution is 0.0549. The predicted octanol–water partition coefficient (Wildman–Crippen LogP) is 2.35. The van der Waals surface area contributed by atoms with Gasteiger partial charge in [-0.3, -0.25) is 19.6 Å². The number of aromatic nitrogens is 2. The Morgan fingerprint density at radius 3 is 2.35 bits per heavy atom. The third-order valence-electron chi connectivity index (χ3n) is 5.40. The van der Waals surface area contributed by atoms with E-state index in [1.54, 1.807) is 30.7 Å². The Morgan fingerprint density at radius 2 is 1.73 bits per heavy atom. The average molecular weight is 350 g/mol. The van der Waals surface area contributed by atoms with Gasteiger partial charge in [0.25, 0.3) is 11.8 Å². The Hall–Kier alpha value is -2.76. The van der Waals surface area contributed by atoms with Crippen LogP contribution in [0.1, 0.15) is 52.1 Å². The number of aryl methyl sites for hydroxylation is 1. The maximum Gasteiger partial charge on any atom is 0.255 e. The Bertz CT molecular complexity index is 792. The van der Waals surface area contributed by atoms with Crippen molar-refractivity contribution in [1.29, 1.82) is 0 Å². The quantitative estimate of drug-likeness (QED) is 0.922. The van der Waals surface area contributed by atoms with Gasteiger partial charge < -0.3 is 10.2 Å². The van der Waals surface area contributed by atoms with Crippen molar-refractivity contribution >= 4 is 11.8 Å². The van der Waals surface area contributed by atoms with Gasteiger partial charge >= 0.3 is 0 Å². The summed E-state index contributed by atoms with van der Waals surface area (Å²) in [4.78, 5) is 35.5. The number of nitrogens with one attached hydrogen (secondary N) is 1. The van der Waals surface area contributed by atoms with Crippen LogP contribution in [0.4, 0.5) is 0 Å². The number of hydrogen-bond donors (Lipinski definition) is 1. The Balaban J connectivity index is 1.43. The molecule has 0 radical (unpaired) electrons. The summed E-state index contributed by atoms with van der Waals surface area (Å²) in [6.45, 7) is 1.91. The van der Waals surface area contributed by atoms with E-state index in [1.807, 2.05) is 24.0 Å². The van der Waals surface area contributed by atoms with Crippen molar-refractivity contribution in [2.45, 2.75) is 50.7 Å². The number of hydrogen-bond acceptors (Lipinski definition) is 4. The van der Waals surface area contributed by atoms with Gasteiger partial charge in [0.05, 0.1) is 5.56 Å². The molecule has 0 saturated carbocycles. The fourth-order valence-electron chi connectivity index (χ4n) is 4.14. The number of piperidine rings is 1. The first-order valence-corrected chi connectivity index (χ1v) is 9.08. The van der Waals surface area contributed by atoms with Gasteiger partial charge in [0, 0.05) is 48.0 Å². The van der Waals surface area contributed by atoms with E-state index < -0.39 is 0 Å². The summed E-state index contributed by atoms with van der Waals surface area (Å²) in [6.07, 6.45) is 8.50. The minimum atomic E-state index is -0.0701. The van der Waals surface area contributed by atoms with Crippen molar-refractivity contribution < 1.29 is 9.59 Å². The first-order valence-electron chi connectivity index (χ1n) is 9.08. The van der Waals surface area contributed by atoms with E-state index in [0.29, 0.717) is 11.1 Å². The first kappa shape index (κ1) is 16.7. The number of fused-ring (bicyclic) bond motifs is 2. The van der Waals surface area contributed by atoms with Gasteiger partial charge in [-0.1, -0.05) is 0 Å². The molecule has 1 N–H and O–H groups in total. The monoisotopic (exact) mass is 350 g/mol. The van der Waals surface area contributed by atoms with E-state index >= 15 is 0 Å². The van der Waals surface area contributed by atoms with Crippen LogP contribution < -0.4 is 5.32 Å². The maximum absolute atomic E-state index is 12.9. The molecule has 4 heterocycles. The van der Waals surface area contributed by atoms with E-state index in [4.69, 9.17) is 0 Å². The van der Waals surface area contributed by atoms with Crippen LogP contribution in [0.25, 0.3) is 0 Å². The molecular formula is C20H22N4O2.